The fourth-order valence-electron chi connectivity index (χ4n) is 3.22. The fourth-order valence-corrected chi connectivity index (χ4v) is 3.22. The van der Waals surface area contributed by atoms with Crippen LogP contribution >= 0.6 is 0 Å². The Hall–Kier alpha value is -2.73. The van der Waals surface area contributed by atoms with Gasteiger partial charge in [0, 0.05) is 37.3 Å². The van der Waals surface area contributed by atoms with Crippen LogP contribution in [-0.4, -0.2) is 39.5 Å². The molecule has 1 aliphatic rings. The zero-order valence-corrected chi connectivity index (χ0v) is 14.1. The van der Waals surface area contributed by atoms with Crippen molar-refractivity contribution in [3.05, 3.63) is 60.0 Å². The van der Waals surface area contributed by atoms with Crippen LogP contribution in [0.15, 0.2) is 48.8 Å². The van der Waals surface area contributed by atoms with E-state index < -0.39 is 0 Å². The minimum absolute atomic E-state index is 0.325. The van der Waals surface area contributed by atoms with Crippen LogP contribution in [0.25, 0.3) is 11.1 Å². The van der Waals surface area contributed by atoms with Crippen molar-refractivity contribution in [1.82, 2.24) is 20.4 Å². The van der Waals surface area contributed by atoms with Gasteiger partial charge >= 0.3 is 0 Å². The SMILES string of the molecule is NC1CCN(c2ccc(Cc3cccc(-c4cn[nH]c4)c3)nn2)CC1. The van der Waals surface area contributed by atoms with Gasteiger partial charge in [0.25, 0.3) is 0 Å². The van der Waals surface area contributed by atoms with Crippen LogP contribution in [0.4, 0.5) is 5.82 Å². The summed E-state index contributed by atoms with van der Waals surface area (Å²) in [6.07, 6.45) is 6.54. The number of aromatic amines is 1. The third kappa shape index (κ3) is 3.69. The lowest BCUT2D eigenvalue weighted by Crippen LogP contribution is -2.40. The average Bonchev–Trinajstić information content (AvgIpc) is 3.18. The Kier molecular flexibility index (Phi) is 4.43. The molecule has 0 aliphatic carbocycles. The molecule has 0 amide bonds. The van der Waals surface area contributed by atoms with E-state index in [4.69, 9.17) is 5.73 Å². The van der Waals surface area contributed by atoms with E-state index in [1.54, 1.807) is 0 Å². The Balaban J connectivity index is 1.45. The molecule has 4 rings (SSSR count). The molecule has 0 spiro atoms. The van der Waals surface area contributed by atoms with Gasteiger partial charge in [-0.15, -0.1) is 5.10 Å². The summed E-state index contributed by atoms with van der Waals surface area (Å²) in [5, 5.41) is 15.7. The van der Waals surface area contributed by atoms with Gasteiger partial charge in [-0.05, 0) is 36.1 Å². The maximum Gasteiger partial charge on any atom is 0.151 e. The Morgan fingerprint density at radius 3 is 2.68 bits per heavy atom. The number of aromatic nitrogens is 4. The Bertz CT molecular complexity index is 804. The molecular weight excluding hydrogens is 312 g/mol. The first-order valence-corrected chi connectivity index (χ1v) is 8.69. The number of benzene rings is 1. The van der Waals surface area contributed by atoms with Crippen LogP contribution in [0.3, 0.4) is 0 Å². The molecule has 1 aromatic carbocycles. The lowest BCUT2D eigenvalue weighted by Gasteiger charge is -2.30. The molecule has 0 atom stereocenters. The van der Waals surface area contributed by atoms with Crippen molar-refractivity contribution in [3.63, 3.8) is 0 Å². The first kappa shape index (κ1) is 15.8. The molecule has 3 N–H and O–H groups in total. The van der Waals surface area contributed by atoms with Crippen molar-refractivity contribution >= 4 is 5.82 Å². The van der Waals surface area contributed by atoms with E-state index in [-0.39, 0.29) is 0 Å². The maximum atomic E-state index is 5.96. The van der Waals surface area contributed by atoms with Crippen LogP contribution in [0.5, 0.6) is 0 Å². The largest absolute Gasteiger partial charge is 0.355 e. The van der Waals surface area contributed by atoms with Gasteiger partial charge in [0.15, 0.2) is 5.82 Å². The molecule has 0 bridgehead atoms. The normalized spacial score (nSPS) is 15.5. The zero-order valence-electron chi connectivity index (χ0n) is 14.1. The summed E-state index contributed by atoms with van der Waals surface area (Å²) in [6.45, 7) is 1.92. The topological polar surface area (TPSA) is 83.7 Å². The highest BCUT2D eigenvalue weighted by atomic mass is 15.3. The number of nitrogens with zero attached hydrogens (tertiary/aromatic N) is 4. The van der Waals surface area contributed by atoms with Gasteiger partial charge in [-0.25, -0.2) is 0 Å². The molecule has 3 aromatic rings. The molecule has 25 heavy (non-hydrogen) atoms. The monoisotopic (exact) mass is 334 g/mol. The number of H-pyrrole nitrogens is 1. The summed E-state index contributed by atoms with van der Waals surface area (Å²) in [7, 11) is 0. The Morgan fingerprint density at radius 2 is 1.96 bits per heavy atom. The first-order valence-electron chi connectivity index (χ1n) is 8.69. The highest BCUT2D eigenvalue weighted by molar-refractivity contribution is 5.62. The lowest BCUT2D eigenvalue weighted by atomic mass is 10.0. The van der Waals surface area contributed by atoms with Crippen LogP contribution in [0.2, 0.25) is 0 Å². The third-order valence-electron chi connectivity index (χ3n) is 4.71. The van der Waals surface area contributed by atoms with Crippen LogP contribution < -0.4 is 10.6 Å². The summed E-state index contributed by atoms with van der Waals surface area (Å²) in [6, 6.07) is 12.9. The molecule has 1 fully saturated rings. The van der Waals surface area contributed by atoms with E-state index in [0.29, 0.717) is 6.04 Å². The smallest absolute Gasteiger partial charge is 0.151 e. The second-order valence-electron chi connectivity index (χ2n) is 6.57. The van der Waals surface area contributed by atoms with Crippen LogP contribution in [0, 0.1) is 0 Å². The quantitative estimate of drug-likeness (QED) is 0.765. The lowest BCUT2D eigenvalue weighted by molar-refractivity contribution is 0.497. The Morgan fingerprint density at radius 1 is 1.08 bits per heavy atom. The predicted octanol–water partition coefficient (Wildman–Crippen LogP) is 2.39. The van der Waals surface area contributed by atoms with E-state index in [9.17, 15) is 0 Å². The molecule has 6 nitrogen and oxygen atoms in total. The molecule has 3 heterocycles. The van der Waals surface area contributed by atoms with Gasteiger partial charge in [-0.2, -0.15) is 10.2 Å². The molecule has 2 aromatic heterocycles. The highest BCUT2D eigenvalue weighted by Crippen LogP contribution is 2.21. The van der Waals surface area contributed by atoms with E-state index in [2.05, 4.69) is 61.7 Å². The van der Waals surface area contributed by atoms with E-state index in [1.807, 2.05) is 12.4 Å². The third-order valence-corrected chi connectivity index (χ3v) is 4.71. The van der Waals surface area contributed by atoms with Crippen molar-refractivity contribution in [2.75, 3.05) is 18.0 Å². The van der Waals surface area contributed by atoms with Gasteiger partial charge in [0.2, 0.25) is 0 Å². The second-order valence-corrected chi connectivity index (χ2v) is 6.57. The molecule has 6 heteroatoms. The molecule has 128 valence electrons. The van der Waals surface area contributed by atoms with Crippen molar-refractivity contribution in [2.24, 2.45) is 5.73 Å². The van der Waals surface area contributed by atoms with E-state index in [1.165, 1.54) is 5.56 Å². The summed E-state index contributed by atoms with van der Waals surface area (Å²) >= 11 is 0. The summed E-state index contributed by atoms with van der Waals surface area (Å²) < 4.78 is 0. The Labute approximate surface area is 147 Å². The van der Waals surface area contributed by atoms with E-state index >= 15 is 0 Å². The summed E-state index contributed by atoms with van der Waals surface area (Å²) in [5.41, 5.74) is 10.4. The fraction of sp³-hybridized carbons (Fsp3) is 0.316. The minimum Gasteiger partial charge on any atom is -0.355 e. The van der Waals surface area contributed by atoms with Gasteiger partial charge in [0.1, 0.15) is 0 Å². The number of anilines is 1. The standard InChI is InChI=1S/C19H22N6/c20-17-6-8-25(9-7-17)19-5-4-18(23-24-19)11-14-2-1-3-15(10-14)16-12-21-22-13-16/h1-5,10,12-13,17H,6-9,11,20H2,(H,21,22). The second kappa shape index (κ2) is 7.03. The maximum absolute atomic E-state index is 5.96. The van der Waals surface area contributed by atoms with Crippen molar-refractivity contribution in [3.8, 4) is 11.1 Å². The van der Waals surface area contributed by atoms with Gasteiger partial charge in [-0.3, -0.25) is 5.10 Å². The molecule has 1 saturated heterocycles. The number of rotatable bonds is 4. The number of hydrogen-bond acceptors (Lipinski definition) is 5. The number of piperidine rings is 1. The highest BCUT2D eigenvalue weighted by Gasteiger charge is 2.17. The van der Waals surface area contributed by atoms with Gasteiger partial charge in [-0.1, -0.05) is 24.3 Å². The molecule has 0 radical (unpaired) electrons. The first-order chi connectivity index (χ1) is 12.3. The molecule has 1 aliphatic heterocycles. The van der Waals surface area contributed by atoms with Crippen LogP contribution in [-0.2, 0) is 6.42 Å². The van der Waals surface area contributed by atoms with E-state index in [0.717, 1.165) is 55.0 Å². The molecule has 0 unspecified atom stereocenters. The summed E-state index contributed by atoms with van der Waals surface area (Å²) in [4.78, 5) is 2.26. The predicted molar refractivity (Wildman–Crippen MR) is 98.3 cm³/mol. The molecular formula is C19H22N6. The minimum atomic E-state index is 0.325. The summed E-state index contributed by atoms with van der Waals surface area (Å²) in [5.74, 6) is 0.947. The van der Waals surface area contributed by atoms with Gasteiger partial charge < -0.3 is 10.6 Å². The van der Waals surface area contributed by atoms with Crippen molar-refractivity contribution in [1.29, 1.82) is 0 Å². The zero-order chi connectivity index (χ0) is 17.1. The number of nitrogens with one attached hydrogen (secondary N) is 1. The number of nitrogens with two attached hydrogens (primary N) is 1. The average molecular weight is 334 g/mol. The van der Waals surface area contributed by atoms with Crippen LogP contribution in [0.1, 0.15) is 24.1 Å². The van der Waals surface area contributed by atoms with Crippen molar-refractivity contribution < 1.29 is 0 Å². The van der Waals surface area contributed by atoms with Gasteiger partial charge in [0.05, 0.1) is 11.9 Å². The molecule has 0 saturated carbocycles. The number of hydrogen-bond donors (Lipinski definition) is 2. The van der Waals surface area contributed by atoms with Crippen molar-refractivity contribution in [2.45, 2.75) is 25.3 Å².